The summed E-state index contributed by atoms with van der Waals surface area (Å²) in [4.78, 5) is 32.8. The highest BCUT2D eigenvalue weighted by molar-refractivity contribution is 6.30. The second-order valence-electron chi connectivity index (χ2n) is 8.07. The van der Waals surface area contributed by atoms with Gasteiger partial charge in [-0.15, -0.1) is 0 Å². The maximum Gasteiger partial charge on any atom is 0.220 e. The van der Waals surface area contributed by atoms with Gasteiger partial charge < -0.3 is 10.6 Å². The third-order valence-corrected chi connectivity index (χ3v) is 5.93. The van der Waals surface area contributed by atoms with Crippen molar-refractivity contribution in [3.05, 3.63) is 65.2 Å². The molecule has 0 aliphatic carbocycles. The molecule has 4 rings (SSSR count). The molecule has 1 unspecified atom stereocenters. The Morgan fingerprint density at radius 3 is 2.66 bits per heavy atom. The van der Waals surface area contributed by atoms with E-state index in [0.29, 0.717) is 55.3 Å². The highest BCUT2D eigenvalue weighted by atomic mass is 35.5. The van der Waals surface area contributed by atoms with Crippen molar-refractivity contribution in [2.45, 2.75) is 44.1 Å². The van der Waals surface area contributed by atoms with Gasteiger partial charge in [-0.3, -0.25) is 19.7 Å². The molecule has 9 heteroatoms. The molecule has 2 aromatic heterocycles. The number of hydrogen-bond acceptors (Lipinski definition) is 5. The maximum atomic E-state index is 12.4. The predicted molar refractivity (Wildman–Crippen MR) is 121 cm³/mol. The number of pyridine rings is 1. The second kappa shape index (κ2) is 9.91. The summed E-state index contributed by atoms with van der Waals surface area (Å²) in [6.45, 7) is 0.459. The topological polar surface area (TPSA) is 113 Å². The number of amides is 2. The molecule has 3 N–H and O–H groups in total. The zero-order valence-corrected chi connectivity index (χ0v) is 18.4. The molecular formula is C23H25ClN6O2. The highest BCUT2D eigenvalue weighted by Gasteiger charge is 2.37. The Hall–Kier alpha value is -3.26. The predicted octanol–water partition coefficient (Wildman–Crippen LogP) is 2.85. The number of halogens is 1. The summed E-state index contributed by atoms with van der Waals surface area (Å²) in [6.07, 6.45) is 6.75. The molecule has 1 aliphatic heterocycles. The van der Waals surface area contributed by atoms with E-state index in [-0.39, 0.29) is 11.8 Å². The van der Waals surface area contributed by atoms with Gasteiger partial charge in [0.15, 0.2) is 5.82 Å². The molecule has 1 saturated heterocycles. The first-order chi connectivity index (χ1) is 15.5. The van der Waals surface area contributed by atoms with Crippen molar-refractivity contribution in [3.8, 4) is 11.4 Å². The van der Waals surface area contributed by atoms with Crippen molar-refractivity contribution in [1.82, 2.24) is 30.8 Å². The van der Waals surface area contributed by atoms with Gasteiger partial charge in [0.05, 0.1) is 0 Å². The van der Waals surface area contributed by atoms with Gasteiger partial charge in [-0.2, -0.15) is 5.10 Å². The van der Waals surface area contributed by atoms with E-state index in [2.05, 4.69) is 30.8 Å². The van der Waals surface area contributed by atoms with Crippen LogP contribution >= 0.6 is 11.6 Å². The fourth-order valence-electron chi connectivity index (χ4n) is 3.97. The van der Waals surface area contributed by atoms with Crippen molar-refractivity contribution in [3.63, 3.8) is 0 Å². The average Bonchev–Trinajstić information content (AvgIpc) is 3.42. The molecule has 1 aromatic carbocycles. The summed E-state index contributed by atoms with van der Waals surface area (Å²) < 4.78 is 0. The molecule has 0 bridgehead atoms. The van der Waals surface area contributed by atoms with Crippen LogP contribution in [0.25, 0.3) is 11.4 Å². The van der Waals surface area contributed by atoms with Crippen LogP contribution in [0.15, 0.2) is 48.8 Å². The number of aromatic amines is 1. The number of H-pyrrole nitrogens is 1. The maximum absolute atomic E-state index is 12.4. The Balaban J connectivity index is 1.26. The molecule has 0 radical (unpaired) electrons. The van der Waals surface area contributed by atoms with Crippen LogP contribution in [0.5, 0.6) is 0 Å². The Morgan fingerprint density at radius 1 is 1.16 bits per heavy atom. The van der Waals surface area contributed by atoms with E-state index in [9.17, 15) is 9.59 Å². The van der Waals surface area contributed by atoms with Crippen LogP contribution < -0.4 is 10.6 Å². The minimum Gasteiger partial charge on any atom is -0.356 e. The highest BCUT2D eigenvalue weighted by Crippen LogP contribution is 2.30. The van der Waals surface area contributed by atoms with Gasteiger partial charge >= 0.3 is 0 Å². The van der Waals surface area contributed by atoms with Crippen LogP contribution in [-0.2, 0) is 22.4 Å². The van der Waals surface area contributed by atoms with Crippen molar-refractivity contribution in [1.29, 1.82) is 0 Å². The molecule has 3 heterocycles. The first-order valence-corrected chi connectivity index (χ1v) is 11.0. The fraction of sp³-hybridized carbons (Fsp3) is 0.348. The minimum atomic E-state index is -0.396. The summed E-state index contributed by atoms with van der Waals surface area (Å²) in [5, 5.41) is 13.8. The van der Waals surface area contributed by atoms with Gasteiger partial charge in [0, 0.05) is 54.3 Å². The van der Waals surface area contributed by atoms with E-state index < -0.39 is 5.54 Å². The van der Waals surface area contributed by atoms with E-state index in [1.165, 1.54) is 0 Å². The van der Waals surface area contributed by atoms with Gasteiger partial charge in [0.2, 0.25) is 11.8 Å². The van der Waals surface area contributed by atoms with Gasteiger partial charge in [-0.05, 0) is 49.1 Å². The smallest absolute Gasteiger partial charge is 0.220 e. The van der Waals surface area contributed by atoms with Gasteiger partial charge in [-0.25, -0.2) is 4.98 Å². The third kappa shape index (κ3) is 5.70. The van der Waals surface area contributed by atoms with Crippen molar-refractivity contribution in [2.24, 2.45) is 0 Å². The first kappa shape index (κ1) is 22.0. The Labute approximate surface area is 191 Å². The molecule has 1 fully saturated rings. The lowest BCUT2D eigenvalue weighted by atomic mass is 9.85. The van der Waals surface area contributed by atoms with Gasteiger partial charge in [0.1, 0.15) is 5.82 Å². The molecule has 3 aromatic rings. The molecule has 0 spiro atoms. The molecule has 8 nitrogen and oxygen atoms in total. The van der Waals surface area contributed by atoms with Crippen LogP contribution in [0.1, 0.15) is 37.1 Å². The summed E-state index contributed by atoms with van der Waals surface area (Å²) in [7, 11) is 0. The van der Waals surface area contributed by atoms with E-state index in [4.69, 9.17) is 11.6 Å². The lowest BCUT2D eigenvalue weighted by Gasteiger charge is -2.29. The lowest BCUT2D eigenvalue weighted by molar-refractivity contribution is -0.122. The third-order valence-electron chi connectivity index (χ3n) is 5.68. The molecule has 166 valence electrons. The summed E-state index contributed by atoms with van der Waals surface area (Å²) in [5.41, 5.74) is 1.58. The van der Waals surface area contributed by atoms with Crippen molar-refractivity contribution in [2.75, 3.05) is 6.54 Å². The lowest BCUT2D eigenvalue weighted by Crippen LogP contribution is -2.44. The fourth-order valence-corrected chi connectivity index (χ4v) is 4.10. The number of nitrogens with zero attached hydrogens (tertiary/aromatic N) is 3. The van der Waals surface area contributed by atoms with Gasteiger partial charge in [-0.1, -0.05) is 23.7 Å². The number of hydrogen-bond donors (Lipinski definition) is 3. The zero-order valence-electron chi connectivity index (χ0n) is 17.6. The van der Waals surface area contributed by atoms with Gasteiger partial charge in [0.25, 0.3) is 0 Å². The van der Waals surface area contributed by atoms with E-state index in [1.54, 1.807) is 12.4 Å². The van der Waals surface area contributed by atoms with Crippen LogP contribution in [0.3, 0.4) is 0 Å². The molecule has 2 amide bonds. The molecule has 0 saturated carbocycles. The number of aromatic nitrogens is 4. The molecular weight excluding hydrogens is 428 g/mol. The van der Waals surface area contributed by atoms with Crippen molar-refractivity contribution >= 4 is 23.4 Å². The Kier molecular flexibility index (Phi) is 6.80. The van der Waals surface area contributed by atoms with Crippen LogP contribution in [0, 0.1) is 0 Å². The van der Waals surface area contributed by atoms with E-state index in [0.717, 1.165) is 17.5 Å². The van der Waals surface area contributed by atoms with Crippen molar-refractivity contribution < 1.29 is 9.59 Å². The van der Waals surface area contributed by atoms with Crippen LogP contribution in [0.4, 0.5) is 0 Å². The van der Waals surface area contributed by atoms with Crippen LogP contribution in [-0.4, -0.2) is 44.1 Å². The largest absolute Gasteiger partial charge is 0.356 e. The SMILES string of the molecule is O=C(CCC1(Cc2ccc(Cl)cc2)CCC(=O)N1)NCCc1nc(-c2ccncc2)n[nH]1. The van der Waals surface area contributed by atoms with E-state index >= 15 is 0 Å². The number of rotatable bonds is 9. The van der Waals surface area contributed by atoms with E-state index in [1.807, 2.05) is 36.4 Å². The summed E-state index contributed by atoms with van der Waals surface area (Å²) in [6, 6.07) is 11.3. The average molecular weight is 453 g/mol. The molecule has 32 heavy (non-hydrogen) atoms. The normalized spacial score (nSPS) is 17.8. The standard InChI is InChI=1S/C23H25ClN6O2/c24-18-3-1-16(2-4-18)15-23(11-6-21(32)28-23)10-5-20(31)26-14-9-19-27-22(30-29-19)17-7-12-25-13-8-17/h1-4,7-8,12-13H,5-6,9-11,14-15H2,(H,26,31)(H,28,32)(H,27,29,30). The first-order valence-electron chi connectivity index (χ1n) is 10.7. The molecule has 1 atom stereocenters. The number of carbonyl (C=O) groups is 2. The number of benzene rings is 1. The monoisotopic (exact) mass is 452 g/mol. The number of carbonyl (C=O) groups excluding carboxylic acids is 2. The second-order valence-corrected chi connectivity index (χ2v) is 8.51. The summed E-state index contributed by atoms with van der Waals surface area (Å²) in [5.74, 6) is 1.31. The Morgan fingerprint density at radius 2 is 1.94 bits per heavy atom. The zero-order chi connectivity index (χ0) is 22.4. The van der Waals surface area contributed by atoms with Crippen LogP contribution in [0.2, 0.25) is 5.02 Å². The molecule has 1 aliphatic rings. The number of nitrogens with one attached hydrogen (secondary N) is 3. The Bertz CT molecular complexity index is 1070. The minimum absolute atomic E-state index is 0.0368. The quantitative estimate of drug-likeness (QED) is 0.462. The summed E-state index contributed by atoms with van der Waals surface area (Å²) >= 11 is 5.98.